The zero-order chi connectivity index (χ0) is 16.1. The maximum Gasteiger partial charge on any atom is 0.252 e. The van der Waals surface area contributed by atoms with Crippen molar-refractivity contribution in [1.82, 2.24) is 10.2 Å². The maximum atomic E-state index is 12.7. The minimum atomic E-state index is 0.0544. The predicted molar refractivity (Wildman–Crippen MR) is 98.3 cm³/mol. The second kappa shape index (κ2) is 7.99. The van der Waals surface area contributed by atoms with E-state index in [-0.39, 0.29) is 11.9 Å². The summed E-state index contributed by atoms with van der Waals surface area (Å²) in [6.45, 7) is 2.06. The first-order valence-corrected chi connectivity index (χ1v) is 9.87. The van der Waals surface area contributed by atoms with E-state index in [1.807, 2.05) is 24.3 Å². The van der Waals surface area contributed by atoms with Gasteiger partial charge in [0.25, 0.3) is 5.91 Å². The highest BCUT2D eigenvalue weighted by Gasteiger charge is 2.20. The summed E-state index contributed by atoms with van der Waals surface area (Å²) in [5.74, 6) is 0.957. The highest BCUT2D eigenvalue weighted by molar-refractivity contribution is 7.98. The summed E-state index contributed by atoms with van der Waals surface area (Å²) in [5, 5.41) is 7.46. The number of likely N-dealkylation sites (tertiary alicyclic amines) is 1. The molecule has 5 heteroatoms. The fourth-order valence-electron chi connectivity index (χ4n) is 2.86. The normalized spacial score (nSPS) is 18.7. The molecule has 1 aliphatic rings. The van der Waals surface area contributed by atoms with Crippen molar-refractivity contribution in [3.63, 3.8) is 0 Å². The average molecular weight is 347 g/mol. The molecular weight excluding hydrogens is 324 g/mol. The van der Waals surface area contributed by atoms with Crippen LogP contribution in [0.4, 0.5) is 0 Å². The number of thiophene rings is 1. The summed E-state index contributed by atoms with van der Waals surface area (Å²) in [7, 11) is 2.11. The van der Waals surface area contributed by atoms with Crippen molar-refractivity contribution in [2.45, 2.75) is 29.5 Å². The standard InChI is InChI=1S/C18H22N2OS2/c1-20-9-4-5-15(11-20)19-18(21)16-6-2-3-7-17(16)23-13-14-8-10-22-12-14/h2-3,6-8,10,12,15H,4-5,9,11,13H2,1H3,(H,19,21)/t15-/m1/s1. The van der Waals surface area contributed by atoms with Crippen molar-refractivity contribution in [2.75, 3.05) is 20.1 Å². The van der Waals surface area contributed by atoms with Crippen LogP contribution < -0.4 is 5.32 Å². The minimum Gasteiger partial charge on any atom is -0.348 e. The van der Waals surface area contributed by atoms with E-state index in [2.05, 4.69) is 34.1 Å². The molecule has 2 heterocycles. The van der Waals surface area contributed by atoms with E-state index in [1.54, 1.807) is 23.1 Å². The molecule has 1 atom stereocenters. The molecule has 2 aromatic rings. The van der Waals surface area contributed by atoms with Gasteiger partial charge < -0.3 is 10.2 Å². The first-order valence-electron chi connectivity index (χ1n) is 7.94. The van der Waals surface area contributed by atoms with Crippen LogP contribution in [0, 0.1) is 0 Å². The molecular formula is C18H22N2OS2. The number of amides is 1. The average Bonchev–Trinajstić information content (AvgIpc) is 3.06. The number of hydrogen-bond donors (Lipinski definition) is 1. The molecule has 0 saturated carbocycles. The second-order valence-electron chi connectivity index (χ2n) is 5.99. The van der Waals surface area contributed by atoms with Crippen molar-refractivity contribution < 1.29 is 4.79 Å². The highest BCUT2D eigenvalue weighted by atomic mass is 32.2. The Balaban J connectivity index is 1.65. The number of piperidine rings is 1. The lowest BCUT2D eigenvalue weighted by Gasteiger charge is -2.30. The Bertz CT molecular complexity index is 642. The molecule has 1 saturated heterocycles. The van der Waals surface area contributed by atoms with Gasteiger partial charge in [-0.05, 0) is 61.0 Å². The lowest BCUT2D eigenvalue weighted by molar-refractivity contribution is 0.0909. The smallest absolute Gasteiger partial charge is 0.252 e. The fourth-order valence-corrected chi connectivity index (χ4v) is 4.63. The first kappa shape index (κ1) is 16.6. The van der Waals surface area contributed by atoms with Crippen LogP contribution in [-0.4, -0.2) is 37.0 Å². The number of nitrogens with one attached hydrogen (secondary N) is 1. The largest absolute Gasteiger partial charge is 0.348 e. The number of rotatable bonds is 5. The third-order valence-electron chi connectivity index (χ3n) is 4.07. The molecule has 3 nitrogen and oxygen atoms in total. The molecule has 0 bridgehead atoms. The van der Waals surface area contributed by atoms with E-state index in [1.165, 1.54) is 5.56 Å². The van der Waals surface area contributed by atoms with Crippen molar-refractivity contribution in [1.29, 1.82) is 0 Å². The van der Waals surface area contributed by atoms with Gasteiger partial charge in [0.2, 0.25) is 0 Å². The predicted octanol–water partition coefficient (Wildman–Crippen LogP) is 3.86. The molecule has 0 spiro atoms. The van der Waals surface area contributed by atoms with Crippen LogP contribution in [0.1, 0.15) is 28.8 Å². The van der Waals surface area contributed by atoms with Gasteiger partial charge in [-0.3, -0.25) is 4.79 Å². The van der Waals surface area contributed by atoms with E-state index in [9.17, 15) is 4.79 Å². The topological polar surface area (TPSA) is 32.3 Å². The van der Waals surface area contributed by atoms with Crippen LogP contribution >= 0.6 is 23.1 Å². The molecule has 1 aromatic carbocycles. The Hall–Kier alpha value is -1.30. The summed E-state index contributed by atoms with van der Waals surface area (Å²) in [5.41, 5.74) is 2.10. The molecule has 3 rings (SSSR count). The van der Waals surface area contributed by atoms with Gasteiger partial charge in [0.15, 0.2) is 0 Å². The van der Waals surface area contributed by atoms with E-state index in [4.69, 9.17) is 0 Å². The van der Waals surface area contributed by atoms with Gasteiger partial charge in [0, 0.05) is 23.2 Å². The monoisotopic (exact) mass is 346 g/mol. The number of thioether (sulfide) groups is 1. The van der Waals surface area contributed by atoms with Crippen LogP contribution in [0.2, 0.25) is 0 Å². The molecule has 1 fully saturated rings. The van der Waals surface area contributed by atoms with E-state index in [0.717, 1.165) is 42.1 Å². The SMILES string of the molecule is CN1CCC[C@@H](NC(=O)c2ccccc2SCc2ccsc2)C1. The van der Waals surface area contributed by atoms with Gasteiger partial charge in [-0.2, -0.15) is 11.3 Å². The van der Waals surface area contributed by atoms with Gasteiger partial charge >= 0.3 is 0 Å². The van der Waals surface area contributed by atoms with Crippen LogP contribution in [0.25, 0.3) is 0 Å². The Morgan fingerprint density at radius 1 is 1.39 bits per heavy atom. The Morgan fingerprint density at radius 3 is 3.04 bits per heavy atom. The summed E-state index contributed by atoms with van der Waals surface area (Å²) in [6.07, 6.45) is 2.22. The second-order valence-corrected chi connectivity index (χ2v) is 7.79. The number of carbonyl (C=O) groups is 1. The summed E-state index contributed by atoms with van der Waals surface area (Å²) >= 11 is 3.44. The maximum absolute atomic E-state index is 12.7. The van der Waals surface area contributed by atoms with Crippen molar-refractivity contribution in [3.05, 3.63) is 52.2 Å². The van der Waals surface area contributed by atoms with Crippen LogP contribution in [0.5, 0.6) is 0 Å². The van der Waals surface area contributed by atoms with Gasteiger partial charge in [0.1, 0.15) is 0 Å². The number of likely N-dealkylation sites (N-methyl/N-ethyl adjacent to an activating group) is 1. The molecule has 1 aliphatic heterocycles. The summed E-state index contributed by atoms with van der Waals surface area (Å²) in [6, 6.07) is 10.3. The van der Waals surface area contributed by atoms with E-state index in [0.29, 0.717) is 0 Å². The van der Waals surface area contributed by atoms with Gasteiger partial charge in [0.05, 0.1) is 5.56 Å². The molecule has 1 aromatic heterocycles. The first-order chi connectivity index (χ1) is 11.2. The lowest BCUT2D eigenvalue weighted by Crippen LogP contribution is -2.46. The van der Waals surface area contributed by atoms with Gasteiger partial charge in [-0.25, -0.2) is 0 Å². The molecule has 1 N–H and O–H groups in total. The third-order valence-corrected chi connectivity index (χ3v) is 5.94. The van der Waals surface area contributed by atoms with Crippen molar-refractivity contribution >= 4 is 29.0 Å². The van der Waals surface area contributed by atoms with Crippen molar-refractivity contribution in [3.8, 4) is 0 Å². The molecule has 23 heavy (non-hydrogen) atoms. The molecule has 1 amide bonds. The summed E-state index contributed by atoms with van der Waals surface area (Å²) < 4.78 is 0. The van der Waals surface area contributed by atoms with Crippen LogP contribution in [0.15, 0.2) is 46.0 Å². The third kappa shape index (κ3) is 4.59. The zero-order valence-electron chi connectivity index (χ0n) is 13.3. The fraction of sp³-hybridized carbons (Fsp3) is 0.389. The molecule has 0 radical (unpaired) electrons. The van der Waals surface area contributed by atoms with Crippen LogP contribution in [0.3, 0.4) is 0 Å². The van der Waals surface area contributed by atoms with Gasteiger partial charge in [-0.1, -0.05) is 12.1 Å². The Kier molecular flexibility index (Phi) is 5.75. The molecule has 0 unspecified atom stereocenters. The summed E-state index contributed by atoms with van der Waals surface area (Å²) in [4.78, 5) is 16.0. The number of hydrogen-bond acceptors (Lipinski definition) is 4. The molecule has 0 aliphatic carbocycles. The minimum absolute atomic E-state index is 0.0544. The van der Waals surface area contributed by atoms with Crippen molar-refractivity contribution in [2.24, 2.45) is 0 Å². The number of benzene rings is 1. The Morgan fingerprint density at radius 2 is 2.26 bits per heavy atom. The quantitative estimate of drug-likeness (QED) is 0.834. The Labute approximate surface area is 146 Å². The van der Waals surface area contributed by atoms with Gasteiger partial charge in [-0.15, -0.1) is 11.8 Å². The lowest BCUT2D eigenvalue weighted by atomic mass is 10.1. The van der Waals surface area contributed by atoms with E-state index < -0.39 is 0 Å². The number of nitrogens with zero attached hydrogens (tertiary/aromatic N) is 1. The van der Waals surface area contributed by atoms with E-state index >= 15 is 0 Å². The highest BCUT2D eigenvalue weighted by Crippen LogP contribution is 2.27. The molecule has 122 valence electrons. The number of carbonyl (C=O) groups excluding carboxylic acids is 1. The zero-order valence-corrected chi connectivity index (χ0v) is 15.0. The van der Waals surface area contributed by atoms with Crippen LogP contribution in [-0.2, 0) is 5.75 Å².